The number of aliphatic hydroxyl groups is 1. The van der Waals surface area contributed by atoms with Gasteiger partial charge in [0, 0.05) is 18.4 Å². The Morgan fingerprint density at radius 3 is 2.67 bits per heavy atom. The van der Waals surface area contributed by atoms with Crippen LogP contribution in [0.15, 0.2) is 12.1 Å². The van der Waals surface area contributed by atoms with Crippen LogP contribution >= 0.6 is 0 Å². The van der Waals surface area contributed by atoms with Crippen molar-refractivity contribution in [1.29, 1.82) is 0 Å². The number of anilines is 1. The minimum atomic E-state index is -0.413. The van der Waals surface area contributed by atoms with E-state index in [4.69, 9.17) is 15.6 Å². The fraction of sp³-hybridized carbons (Fsp3) is 0.462. The number of nitrogens with two attached hydrogens (primary N) is 1. The van der Waals surface area contributed by atoms with E-state index in [1.165, 1.54) is 7.11 Å². The molecule has 1 rings (SSSR count). The van der Waals surface area contributed by atoms with Gasteiger partial charge in [-0.25, -0.2) is 0 Å². The van der Waals surface area contributed by atoms with Crippen LogP contribution < -0.4 is 11.1 Å². The molecule has 0 bridgehead atoms. The maximum atomic E-state index is 12.0. The first-order chi connectivity index (χ1) is 8.49. The van der Waals surface area contributed by atoms with Gasteiger partial charge in [0.25, 0.3) is 5.91 Å². The molecule has 0 fully saturated rings. The lowest BCUT2D eigenvalue weighted by atomic mass is 10.0. The second-order valence-corrected chi connectivity index (χ2v) is 4.33. The third kappa shape index (κ3) is 3.45. The predicted molar refractivity (Wildman–Crippen MR) is 70.5 cm³/mol. The van der Waals surface area contributed by atoms with Gasteiger partial charge >= 0.3 is 0 Å². The molecule has 1 amide bonds. The molecular formula is C13H20N2O3. The Labute approximate surface area is 107 Å². The Kier molecular flexibility index (Phi) is 5.12. The minimum Gasteiger partial charge on any atom is -0.398 e. The highest BCUT2D eigenvalue weighted by Crippen LogP contribution is 2.17. The third-order valence-corrected chi connectivity index (χ3v) is 2.78. The molecule has 0 aliphatic carbocycles. The first-order valence-corrected chi connectivity index (χ1v) is 5.77. The van der Waals surface area contributed by atoms with Crippen LogP contribution in [0.3, 0.4) is 0 Å². The molecule has 1 aromatic carbocycles. The van der Waals surface area contributed by atoms with E-state index in [1.54, 1.807) is 6.07 Å². The van der Waals surface area contributed by atoms with E-state index in [0.29, 0.717) is 11.3 Å². The van der Waals surface area contributed by atoms with E-state index in [0.717, 1.165) is 11.1 Å². The van der Waals surface area contributed by atoms with Crippen molar-refractivity contribution in [3.63, 3.8) is 0 Å². The maximum Gasteiger partial charge on any atom is 0.252 e. The lowest BCUT2D eigenvalue weighted by Gasteiger charge is -2.16. The molecule has 0 radical (unpaired) electrons. The minimum absolute atomic E-state index is 0.167. The van der Waals surface area contributed by atoms with Crippen molar-refractivity contribution in [3.8, 4) is 0 Å². The molecule has 4 N–H and O–H groups in total. The SMILES string of the molecule is COCC(CO)NC(=O)c1cc(N)c(C)cc1C. The second-order valence-electron chi connectivity index (χ2n) is 4.33. The van der Waals surface area contributed by atoms with Crippen LogP contribution in [0.25, 0.3) is 0 Å². The van der Waals surface area contributed by atoms with E-state index in [2.05, 4.69) is 5.32 Å². The number of amides is 1. The van der Waals surface area contributed by atoms with Crippen LogP contribution in [0.4, 0.5) is 5.69 Å². The van der Waals surface area contributed by atoms with Gasteiger partial charge in [0.15, 0.2) is 0 Å². The summed E-state index contributed by atoms with van der Waals surface area (Å²) < 4.78 is 4.91. The summed E-state index contributed by atoms with van der Waals surface area (Å²) >= 11 is 0. The smallest absolute Gasteiger partial charge is 0.252 e. The van der Waals surface area contributed by atoms with Crippen LogP contribution in [-0.2, 0) is 4.74 Å². The van der Waals surface area contributed by atoms with Crippen molar-refractivity contribution in [3.05, 3.63) is 28.8 Å². The summed E-state index contributed by atoms with van der Waals surface area (Å²) in [6.07, 6.45) is 0. The Morgan fingerprint density at radius 1 is 1.44 bits per heavy atom. The van der Waals surface area contributed by atoms with Gasteiger partial charge in [0.05, 0.1) is 19.3 Å². The monoisotopic (exact) mass is 252 g/mol. The number of ether oxygens (including phenoxy) is 1. The van der Waals surface area contributed by atoms with Gasteiger partial charge in [-0.3, -0.25) is 4.79 Å². The molecule has 5 nitrogen and oxygen atoms in total. The molecule has 1 atom stereocenters. The Morgan fingerprint density at radius 2 is 2.11 bits per heavy atom. The van der Waals surface area contributed by atoms with Gasteiger partial charge in [-0.2, -0.15) is 0 Å². The number of rotatable bonds is 5. The highest BCUT2D eigenvalue weighted by Gasteiger charge is 2.15. The lowest BCUT2D eigenvalue weighted by molar-refractivity contribution is 0.0839. The van der Waals surface area contributed by atoms with E-state index < -0.39 is 6.04 Å². The topological polar surface area (TPSA) is 84.6 Å². The Bertz CT molecular complexity index is 432. The molecule has 100 valence electrons. The number of hydrogen-bond acceptors (Lipinski definition) is 4. The number of methoxy groups -OCH3 is 1. The molecule has 5 heteroatoms. The van der Waals surface area contributed by atoms with Gasteiger partial charge in [-0.15, -0.1) is 0 Å². The van der Waals surface area contributed by atoms with Crippen molar-refractivity contribution in [2.45, 2.75) is 19.9 Å². The van der Waals surface area contributed by atoms with Crippen LogP contribution in [-0.4, -0.2) is 37.4 Å². The molecule has 0 aromatic heterocycles. The number of aryl methyl sites for hydroxylation is 2. The molecule has 0 saturated carbocycles. The zero-order chi connectivity index (χ0) is 13.7. The zero-order valence-corrected chi connectivity index (χ0v) is 11.0. The molecule has 18 heavy (non-hydrogen) atoms. The van der Waals surface area contributed by atoms with Crippen molar-refractivity contribution < 1.29 is 14.6 Å². The van der Waals surface area contributed by atoms with E-state index in [1.807, 2.05) is 19.9 Å². The molecule has 0 aliphatic rings. The second kappa shape index (κ2) is 6.37. The highest BCUT2D eigenvalue weighted by atomic mass is 16.5. The van der Waals surface area contributed by atoms with Crippen molar-refractivity contribution in [2.24, 2.45) is 0 Å². The molecule has 0 heterocycles. The quantitative estimate of drug-likeness (QED) is 0.671. The fourth-order valence-corrected chi connectivity index (χ4v) is 1.72. The maximum absolute atomic E-state index is 12.0. The Balaban J connectivity index is 2.87. The summed E-state index contributed by atoms with van der Waals surface area (Å²) in [5.74, 6) is -0.254. The van der Waals surface area contributed by atoms with Crippen LogP contribution in [0, 0.1) is 13.8 Å². The zero-order valence-electron chi connectivity index (χ0n) is 11.0. The number of aliphatic hydroxyl groups excluding tert-OH is 1. The molecule has 0 spiro atoms. The number of carbonyl (C=O) groups excluding carboxylic acids is 1. The summed E-state index contributed by atoms with van der Waals surface area (Å²) in [6, 6.07) is 3.11. The molecule has 0 saturated heterocycles. The molecular weight excluding hydrogens is 232 g/mol. The number of hydrogen-bond donors (Lipinski definition) is 3. The highest BCUT2D eigenvalue weighted by molar-refractivity contribution is 5.96. The largest absolute Gasteiger partial charge is 0.398 e. The molecule has 1 aromatic rings. The van der Waals surface area contributed by atoms with Gasteiger partial charge in [-0.1, -0.05) is 6.07 Å². The standard InChI is InChI=1S/C13H20N2O3/c1-8-4-9(2)12(14)5-11(8)13(17)15-10(6-16)7-18-3/h4-5,10,16H,6-7,14H2,1-3H3,(H,15,17). The first-order valence-electron chi connectivity index (χ1n) is 5.77. The van der Waals surface area contributed by atoms with Gasteiger partial charge < -0.3 is 20.9 Å². The number of benzene rings is 1. The Hall–Kier alpha value is -1.59. The summed E-state index contributed by atoms with van der Waals surface area (Å²) in [6.45, 7) is 3.85. The van der Waals surface area contributed by atoms with Crippen LogP contribution in [0.1, 0.15) is 21.5 Å². The van der Waals surface area contributed by atoms with Crippen LogP contribution in [0.5, 0.6) is 0 Å². The average Bonchev–Trinajstić information content (AvgIpc) is 2.33. The van der Waals surface area contributed by atoms with Gasteiger partial charge in [-0.05, 0) is 31.0 Å². The van der Waals surface area contributed by atoms with Crippen LogP contribution in [0.2, 0.25) is 0 Å². The number of nitrogens with one attached hydrogen (secondary N) is 1. The van der Waals surface area contributed by atoms with Crippen molar-refractivity contribution in [1.82, 2.24) is 5.32 Å². The van der Waals surface area contributed by atoms with E-state index in [-0.39, 0.29) is 19.1 Å². The number of carbonyl (C=O) groups is 1. The normalized spacial score (nSPS) is 12.2. The number of nitrogen functional groups attached to an aromatic ring is 1. The predicted octanol–water partition coefficient (Wildman–Crippen LogP) is 0.623. The average molecular weight is 252 g/mol. The van der Waals surface area contributed by atoms with Gasteiger partial charge in [0.1, 0.15) is 0 Å². The summed E-state index contributed by atoms with van der Waals surface area (Å²) in [7, 11) is 1.52. The first kappa shape index (κ1) is 14.5. The summed E-state index contributed by atoms with van der Waals surface area (Å²) in [5.41, 5.74) is 8.70. The molecule has 0 aliphatic heterocycles. The summed E-state index contributed by atoms with van der Waals surface area (Å²) in [5, 5.41) is 11.8. The van der Waals surface area contributed by atoms with Crippen molar-refractivity contribution in [2.75, 3.05) is 26.1 Å². The van der Waals surface area contributed by atoms with Crippen molar-refractivity contribution >= 4 is 11.6 Å². The van der Waals surface area contributed by atoms with Gasteiger partial charge in [0.2, 0.25) is 0 Å². The molecule has 1 unspecified atom stereocenters. The van der Waals surface area contributed by atoms with E-state index in [9.17, 15) is 4.79 Å². The van der Waals surface area contributed by atoms with E-state index >= 15 is 0 Å². The lowest BCUT2D eigenvalue weighted by Crippen LogP contribution is -2.40. The summed E-state index contributed by atoms with van der Waals surface area (Å²) in [4.78, 5) is 12.0. The fourth-order valence-electron chi connectivity index (χ4n) is 1.72. The third-order valence-electron chi connectivity index (χ3n) is 2.78.